The van der Waals surface area contributed by atoms with Crippen LogP contribution in [0.1, 0.15) is 12.0 Å². The number of imidazole rings is 1. The van der Waals surface area contributed by atoms with E-state index in [0.717, 1.165) is 32.6 Å². The Morgan fingerprint density at radius 3 is 2.65 bits per heavy atom. The van der Waals surface area contributed by atoms with Crippen molar-refractivity contribution in [3.63, 3.8) is 0 Å². The van der Waals surface area contributed by atoms with Crippen molar-refractivity contribution in [1.82, 2.24) is 9.55 Å². The van der Waals surface area contributed by atoms with Gasteiger partial charge in [-0.25, -0.2) is 9.78 Å². The van der Waals surface area contributed by atoms with E-state index >= 15 is 0 Å². The molecule has 5 rings (SSSR count). The number of nitrogens with zero attached hydrogens (tertiary/aromatic N) is 4. The van der Waals surface area contributed by atoms with Crippen molar-refractivity contribution in [2.75, 3.05) is 5.32 Å². The standard InChI is InChI=1S/C27H20F3N5O2/c1-17-4-2-3-5-23(17)33-26(36)34-32-15-18-6-12-22-19(14-18)7-13-24-25(22)31-16-35(24)20-8-10-21(11-9-20)37-27(28,29)30/h2-5,7-16H,6H2,1H3,(H,33,36)/b18-15+,34-32?. The molecule has 0 spiro atoms. The summed E-state index contributed by atoms with van der Waals surface area (Å²) in [5.41, 5.74) is 4.72. The second-order valence-corrected chi connectivity index (χ2v) is 8.31. The molecular formula is C27H20F3N5O2. The van der Waals surface area contributed by atoms with E-state index in [0.29, 0.717) is 17.8 Å². The van der Waals surface area contributed by atoms with Crippen LogP contribution in [0.4, 0.5) is 23.7 Å². The first-order valence-corrected chi connectivity index (χ1v) is 11.3. The first-order chi connectivity index (χ1) is 17.8. The second kappa shape index (κ2) is 9.73. The van der Waals surface area contributed by atoms with E-state index < -0.39 is 12.4 Å². The Kier molecular flexibility index (Phi) is 6.31. The van der Waals surface area contributed by atoms with Crippen LogP contribution in [0.5, 0.6) is 5.75 Å². The zero-order valence-corrected chi connectivity index (χ0v) is 19.5. The van der Waals surface area contributed by atoms with Crippen LogP contribution in [0.15, 0.2) is 89.0 Å². The molecule has 0 fully saturated rings. The number of allylic oxidation sites excluding steroid dienone is 1. The molecule has 0 bridgehead atoms. The van der Waals surface area contributed by atoms with Gasteiger partial charge in [0, 0.05) is 16.6 Å². The first kappa shape index (κ1) is 24.0. The largest absolute Gasteiger partial charge is 0.573 e. The number of nitrogens with one attached hydrogen (secondary N) is 1. The average molecular weight is 503 g/mol. The third kappa shape index (κ3) is 5.43. The lowest BCUT2D eigenvalue weighted by Crippen LogP contribution is -2.28. The maximum absolute atomic E-state index is 12.4. The van der Waals surface area contributed by atoms with Gasteiger partial charge in [-0.05, 0) is 72.2 Å². The molecule has 1 heterocycles. The molecule has 0 radical (unpaired) electrons. The minimum atomic E-state index is -4.74. The molecule has 37 heavy (non-hydrogen) atoms. The number of hydrogen-bond donors (Lipinski definition) is 1. The van der Waals surface area contributed by atoms with Crippen molar-refractivity contribution in [1.29, 1.82) is 0 Å². The highest BCUT2D eigenvalue weighted by molar-refractivity contribution is 5.90. The van der Waals surface area contributed by atoms with Crippen molar-refractivity contribution in [3.05, 3.63) is 94.8 Å². The maximum Gasteiger partial charge on any atom is 0.573 e. The van der Waals surface area contributed by atoms with Crippen LogP contribution in [0.2, 0.25) is 0 Å². The molecule has 0 unspecified atom stereocenters. The molecule has 3 aromatic carbocycles. The van der Waals surface area contributed by atoms with Crippen LogP contribution in [0.3, 0.4) is 0 Å². The van der Waals surface area contributed by atoms with Crippen LogP contribution >= 0.6 is 0 Å². The summed E-state index contributed by atoms with van der Waals surface area (Å²) in [4.78, 5) is 16.6. The third-order valence-electron chi connectivity index (χ3n) is 5.78. The molecule has 4 aromatic rings. The molecule has 1 N–H and O–H groups in total. The average Bonchev–Trinajstić information content (AvgIpc) is 3.29. The van der Waals surface area contributed by atoms with E-state index in [1.807, 2.05) is 49.4 Å². The third-order valence-corrected chi connectivity index (χ3v) is 5.78. The van der Waals surface area contributed by atoms with Crippen molar-refractivity contribution in [2.24, 2.45) is 10.2 Å². The van der Waals surface area contributed by atoms with Gasteiger partial charge in [-0.15, -0.1) is 13.2 Å². The zero-order chi connectivity index (χ0) is 26.0. The number of anilines is 1. The lowest BCUT2D eigenvalue weighted by molar-refractivity contribution is -0.274. The van der Waals surface area contributed by atoms with Crippen LogP contribution in [-0.4, -0.2) is 21.9 Å². The monoisotopic (exact) mass is 503 g/mol. The number of amides is 2. The predicted molar refractivity (Wildman–Crippen MR) is 134 cm³/mol. The lowest BCUT2D eigenvalue weighted by Gasteiger charge is -2.10. The number of azo groups is 1. The van der Waals surface area contributed by atoms with Gasteiger partial charge in [0.2, 0.25) is 0 Å². The molecular weight excluding hydrogens is 483 g/mol. The summed E-state index contributed by atoms with van der Waals surface area (Å²) in [6.07, 6.45) is 2.98. The number of benzene rings is 3. The van der Waals surface area contributed by atoms with Crippen LogP contribution in [-0.2, 0) is 0 Å². The first-order valence-electron chi connectivity index (χ1n) is 11.3. The van der Waals surface area contributed by atoms with Gasteiger partial charge < -0.3 is 10.1 Å². The van der Waals surface area contributed by atoms with Gasteiger partial charge in [0.05, 0.1) is 17.2 Å². The summed E-state index contributed by atoms with van der Waals surface area (Å²) in [5, 5.41) is 12.2. The Morgan fingerprint density at radius 2 is 1.89 bits per heavy atom. The summed E-state index contributed by atoms with van der Waals surface area (Å²) in [7, 11) is 0. The highest BCUT2D eigenvalue weighted by atomic mass is 19.4. The Morgan fingerprint density at radius 1 is 1.11 bits per heavy atom. The molecule has 186 valence electrons. The Balaban J connectivity index is 1.35. The van der Waals surface area contributed by atoms with Gasteiger partial charge in [0.1, 0.15) is 12.1 Å². The quantitative estimate of drug-likeness (QED) is 0.359. The minimum Gasteiger partial charge on any atom is -0.406 e. The summed E-state index contributed by atoms with van der Waals surface area (Å²) in [6, 6.07) is 16.3. The number of aromatic nitrogens is 2. The number of carbonyl (C=O) groups is 1. The van der Waals surface area contributed by atoms with Crippen molar-refractivity contribution in [2.45, 2.75) is 19.7 Å². The van der Waals surface area contributed by atoms with E-state index in [9.17, 15) is 18.0 Å². The van der Waals surface area contributed by atoms with E-state index in [1.165, 1.54) is 12.1 Å². The highest BCUT2D eigenvalue weighted by Gasteiger charge is 2.31. The van der Waals surface area contributed by atoms with Crippen molar-refractivity contribution < 1.29 is 22.7 Å². The summed E-state index contributed by atoms with van der Waals surface area (Å²) in [5.74, 6) is -0.287. The van der Waals surface area contributed by atoms with E-state index in [1.54, 1.807) is 35.3 Å². The number of carbonyl (C=O) groups excluding carboxylic acids is 1. The van der Waals surface area contributed by atoms with Crippen LogP contribution < -0.4 is 20.5 Å². The number of hydrogen-bond acceptors (Lipinski definition) is 4. The number of halogens is 3. The molecule has 1 aromatic heterocycles. The number of urea groups is 1. The smallest absolute Gasteiger partial charge is 0.406 e. The zero-order valence-electron chi connectivity index (χ0n) is 19.5. The molecule has 0 saturated carbocycles. The maximum atomic E-state index is 12.4. The number of alkyl halides is 3. The second-order valence-electron chi connectivity index (χ2n) is 8.31. The lowest BCUT2D eigenvalue weighted by atomic mass is 10.0. The van der Waals surface area contributed by atoms with Crippen LogP contribution in [0, 0.1) is 6.92 Å². The van der Waals surface area contributed by atoms with E-state index in [4.69, 9.17) is 0 Å². The highest BCUT2D eigenvalue weighted by Crippen LogP contribution is 2.25. The molecule has 10 heteroatoms. The van der Waals surface area contributed by atoms with Gasteiger partial charge >= 0.3 is 12.4 Å². The number of aryl methyl sites for hydroxylation is 1. The van der Waals surface area contributed by atoms with Crippen LogP contribution in [0.25, 0.3) is 28.9 Å². The summed E-state index contributed by atoms with van der Waals surface area (Å²) >= 11 is 0. The summed E-state index contributed by atoms with van der Waals surface area (Å²) < 4.78 is 43.0. The van der Waals surface area contributed by atoms with Crippen molar-refractivity contribution in [3.8, 4) is 11.4 Å². The summed E-state index contributed by atoms with van der Waals surface area (Å²) in [6.45, 7) is 1.89. The van der Waals surface area contributed by atoms with Gasteiger partial charge in [-0.2, -0.15) is 5.11 Å². The Bertz CT molecular complexity index is 1670. The number of rotatable bonds is 4. The predicted octanol–water partition coefficient (Wildman–Crippen LogP) is 5.77. The molecule has 1 aliphatic rings. The normalized spacial score (nSPS) is 14.3. The van der Waals surface area contributed by atoms with Crippen molar-refractivity contribution >= 4 is 34.9 Å². The molecule has 0 saturated heterocycles. The fourth-order valence-electron chi connectivity index (χ4n) is 4.05. The van der Waals surface area contributed by atoms with E-state index in [-0.39, 0.29) is 5.75 Å². The Labute approximate surface area is 208 Å². The van der Waals surface area contributed by atoms with Gasteiger partial charge in [-0.1, -0.05) is 35.5 Å². The van der Waals surface area contributed by atoms with Gasteiger partial charge in [-0.3, -0.25) is 4.57 Å². The molecule has 1 aliphatic carbocycles. The van der Waals surface area contributed by atoms with Gasteiger partial charge in [0.15, 0.2) is 0 Å². The number of ether oxygens (including phenoxy) is 1. The number of fused-ring (bicyclic) bond motifs is 3. The Hall–Kier alpha value is -4.73. The fraction of sp³-hybridized carbons (Fsp3) is 0.111. The molecule has 2 amide bonds. The molecule has 0 aliphatic heterocycles. The topological polar surface area (TPSA) is 80.9 Å². The van der Waals surface area contributed by atoms with Gasteiger partial charge in [0.25, 0.3) is 0 Å². The fourth-order valence-corrected chi connectivity index (χ4v) is 4.05. The molecule has 0 atom stereocenters. The van der Waals surface area contributed by atoms with E-state index in [2.05, 4.69) is 25.3 Å². The number of para-hydroxylation sites is 1. The minimum absolute atomic E-state index is 0.287. The SMILES string of the molecule is Cc1ccccc1NC(=O)N=N/C=C1/C=c2ccc3c(ncn3-c3ccc(OC(F)(F)F)cc3)c2=CC1. The molecule has 7 nitrogen and oxygen atoms in total.